The van der Waals surface area contributed by atoms with Gasteiger partial charge in [0.2, 0.25) is 0 Å². The van der Waals surface area contributed by atoms with Gasteiger partial charge in [0.25, 0.3) is 0 Å². The SMILES string of the molecule is [CH3][Mg][c]1c(C)cc(C)cc1C. The van der Waals surface area contributed by atoms with Gasteiger partial charge in [-0.05, 0) is 20.8 Å². The lowest BCUT2D eigenvalue weighted by molar-refractivity contribution is 1.35. The van der Waals surface area contributed by atoms with Gasteiger partial charge in [-0.3, -0.25) is 0 Å². The van der Waals surface area contributed by atoms with Gasteiger partial charge in [-0.25, -0.2) is 0 Å². The van der Waals surface area contributed by atoms with Crippen LogP contribution in [0.2, 0.25) is 5.05 Å². The van der Waals surface area contributed by atoms with Gasteiger partial charge in [-0.1, -0.05) is 28.8 Å². The van der Waals surface area contributed by atoms with Crippen molar-refractivity contribution in [2.24, 2.45) is 0 Å². The Morgan fingerprint density at radius 3 is 1.82 bits per heavy atom. The van der Waals surface area contributed by atoms with Gasteiger partial charge in [0.15, 0.2) is 0 Å². The topological polar surface area (TPSA) is 0 Å². The fourth-order valence-electron chi connectivity index (χ4n) is 1.77. The Bertz CT molecular complexity index is 241. The van der Waals surface area contributed by atoms with Crippen LogP contribution in [0.3, 0.4) is 0 Å². The van der Waals surface area contributed by atoms with Crippen LogP contribution in [0.1, 0.15) is 16.7 Å². The molecule has 0 aliphatic carbocycles. The first kappa shape index (κ1) is 9.08. The van der Waals surface area contributed by atoms with E-state index in [2.05, 4.69) is 38.0 Å². The summed E-state index contributed by atoms with van der Waals surface area (Å²) in [6, 6.07) is 4.58. The first-order valence-corrected chi connectivity index (χ1v) is 6.34. The molecule has 1 rings (SSSR count). The molecule has 0 nitrogen and oxygen atoms in total. The molecule has 0 saturated heterocycles. The molecule has 0 N–H and O–H groups in total. The zero-order chi connectivity index (χ0) is 8.43. The van der Waals surface area contributed by atoms with Crippen molar-refractivity contribution in [1.82, 2.24) is 0 Å². The zero-order valence-corrected chi connectivity index (χ0v) is 9.28. The summed E-state index contributed by atoms with van der Waals surface area (Å²) in [5.41, 5.74) is 4.39. The molecule has 0 heterocycles. The van der Waals surface area contributed by atoms with Gasteiger partial charge in [-0.2, -0.15) is 3.69 Å². The number of aryl methyl sites for hydroxylation is 3. The summed E-state index contributed by atoms with van der Waals surface area (Å²) < 4.78 is 1.65. The lowest BCUT2D eigenvalue weighted by Crippen LogP contribution is -2.18. The van der Waals surface area contributed by atoms with Gasteiger partial charge >= 0.3 is 20.4 Å². The maximum Gasteiger partial charge on any atom is 0.405 e. The van der Waals surface area contributed by atoms with Crippen molar-refractivity contribution in [3.05, 3.63) is 28.8 Å². The van der Waals surface area contributed by atoms with E-state index in [0.29, 0.717) is 0 Å². The Balaban J connectivity index is 3.25. The third-order valence-electron chi connectivity index (χ3n) is 2.19. The Kier molecular flexibility index (Phi) is 2.96. The maximum atomic E-state index is 2.35. The molecule has 0 radical (unpaired) electrons. The van der Waals surface area contributed by atoms with Gasteiger partial charge in [-0.15, -0.1) is 5.05 Å². The van der Waals surface area contributed by atoms with Gasteiger partial charge in [0.1, 0.15) is 0 Å². The molecule has 0 bridgehead atoms. The van der Waals surface area contributed by atoms with Crippen molar-refractivity contribution in [3.8, 4) is 0 Å². The van der Waals surface area contributed by atoms with E-state index in [1.54, 1.807) is 3.69 Å². The minimum atomic E-state index is 0.0174. The van der Waals surface area contributed by atoms with Crippen LogP contribution in [-0.2, 0) is 0 Å². The molecular weight excluding hydrogens is 144 g/mol. The van der Waals surface area contributed by atoms with Gasteiger partial charge in [0.05, 0.1) is 0 Å². The lowest BCUT2D eigenvalue weighted by Gasteiger charge is -2.08. The summed E-state index contributed by atoms with van der Waals surface area (Å²) >= 11 is 0.0174. The summed E-state index contributed by atoms with van der Waals surface area (Å²) in [6.45, 7) is 6.62. The van der Waals surface area contributed by atoms with Crippen LogP contribution in [0.5, 0.6) is 0 Å². The molecule has 0 aliphatic rings. The number of rotatable bonds is 1. The molecule has 0 aromatic heterocycles. The summed E-state index contributed by atoms with van der Waals surface area (Å²) in [4.78, 5) is 0. The molecule has 0 atom stereocenters. The molecular formula is C10H14Mg. The van der Waals surface area contributed by atoms with Crippen molar-refractivity contribution in [1.29, 1.82) is 0 Å². The minimum absolute atomic E-state index is 0.0174. The smallest absolute Gasteiger partial charge is 0.169 e. The van der Waals surface area contributed by atoms with E-state index in [1.165, 1.54) is 16.7 Å². The first-order valence-electron chi connectivity index (χ1n) is 4.22. The van der Waals surface area contributed by atoms with Crippen molar-refractivity contribution < 1.29 is 0 Å². The third-order valence-corrected chi connectivity index (χ3v) is 4.02. The van der Waals surface area contributed by atoms with Crippen LogP contribution >= 0.6 is 0 Å². The van der Waals surface area contributed by atoms with E-state index >= 15 is 0 Å². The number of hydrogen-bond donors (Lipinski definition) is 0. The fraction of sp³-hybridized carbons (Fsp3) is 0.400. The number of hydrogen-bond acceptors (Lipinski definition) is 0. The molecule has 11 heavy (non-hydrogen) atoms. The van der Waals surface area contributed by atoms with Crippen molar-refractivity contribution in [3.63, 3.8) is 0 Å². The van der Waals surface area contributed by atoms with E-state index < -0.39 is 0 Å². The van der Waals surface area contributed by atoms with Gasteiger partial charge in [0, 0.05) is 0 Å². The van der Waals surface area contributed by atoms with Crippen LogP contribution in [0.25, 0.3) is 0 Å². The van der Waals surface area contributed by atoms with Crippen LogP contribution in [-0.4, -0.2) is 20.4 Å². The van der Waals surface area contributed by atoms with E-state index in [4.69, 9.17) is 0 Å². The monoisotopic (exact) mass is 158 g/mol. The Hall–Kier alpha value is -0.0138. The van der Waals surface area contributed by atoms with E-state index in [0.717, 1.165) is 0 Å². The minimum Gasteiger partial charge on any atom is -0.169 e. The predicted octanol–water partition coefficient (Wildman–Crippen LogP) is 1.99. The number of benzene rings is 1. The molecule has 0 fully saturated rings. The quantitative estimate of drug-likeness (QED) is 0.549. The van der Waals surface area contributed by atoms with Crippen molar-refractivity contribution >= 4 is 24.1 Å². The maximum absolute atomic E-state index is 2.35. The van der Waals surface area contributed by atoms with Crippen LogP contribution in [0.15, 0.2) is 12.1 Å². The Morgan fingerprint density at radius 2 is 1.45 bits per heavy atom. The highest BCUT2D eigenvalue weighted by molar-refractivity contribution is 6.53. The van der Waals surface area contributed by atoms with E-state index in [9.17, 15) is 0 Å². The second kappa shape index (κ2) is 3.59. The van der Waals surface area contributed by atoms with E-state index in [1.807, 2.05) is 0 Å². The molecule has 56 valence electrons. The molecule has 0 aliphatic heterocycles. The average Bonchev–Trinajstić information content (AvgIpc) is 1.85. The molecule has 1 aromatic rings. The standard InChI is InChI=1S/C9H11.CH3.Mg/c1-7-4-8(2)6-9(3)5-7;;/h4-5H,1-3H3;1H3;. The lowest BCUT2D eigenvalue weighted by atomic mass is 10.1. The van der Waals surface area contributed by atoms with Crippen LogP contribution in [0, 0.1) is 20.8 Å². The normalized spacial score (nSPS) is 9.45. The first-order chi connectivity index (χ1) is 5.15. The average molecular weight is 159 g/mol. The predicted molar refractivity (Wildman–Crippen MR) is 51.9 cm³/mol. The molecule has 0 amide bonds. The van der Waals surface area contributed by atoms with Gasteiger partial charge < -0.3 is 0 Å². The highest BCUT2D eigenvalue weighted by Gasteiger charge is 2.01. The molecule has 0 unspecified atom stereocenters. The van der Waals surface area contributed by atoms with E-state index in [-0.39, 0.29) is 20.4 Å². The van der Waals surface area contributed by atoms with Crippen molar-refractivity contribution in [2.45, 2.75) is 25.8 Å². The largest absolute Gasteiger partial charge is 0.405 e. The Labute approximate surface area is 78.7 Å². The summed E-state index contributed by atoms with van der Waals surface area (Å²) in [6.07, 6.45) is 0. The molecule has 1 aromatic carbocycles. The molecule has 1 heteroatoms. The van der Waals surface area contributed by atoms with Crippen molar-refractivity contribution in [2.75, 3.05) is 0 Å². The summed E-state index contributed by atoms with van der Waals surface area (Å²) in [5, 5.41) is 2.35. The Morgan fingerprint density at radius 1 is 1.00 bits per heavy atom. The summed E-state index contributed by atoms with van der Waals surface area (Å²) in [7, 11) is 0. The second-order valence-corrected chi connectivity index (χ2v) is 4.65. The third kappa shape index (κ3) is 1.97. The summed E-state index contributed by atoms with van der Waals surface area (Å²) in [5.74, 6) is 0. The fourth-order valence-corrected chi connectivity index (χ4v) is 3.09. The van der Waals surface area contributed by atoms with Crippen LogP contribution in [0.4, 0.5) is 0 Å². The molecule has 0 spiro atoms. The van der Waals surface area contributed by atoms with Crippen LogP contribution < -0.4 is 3.69 Å². The zero-order valence-electron chi connectivity index (χ0n) is 7.86. The highest BCUT2D eigenvalue weighted by atomic mass is 24.5. The highest BCUT2D eigenvalue weighted by Crippen LogP contribution is 2.04. The molecule has 0 saturated carbocycles. The second-order valence-electron chi connectivity index (χ2n) is 3.23.